The number of hydrogen-bond donors (Lipinski definition) is 0. The van der Waals surface area contributed by atoms with Crippen LogP contribution in [-0.4, -0.2) is 21.3 Å². The molecule has 0 atom stereocenters. The van der Waals surface area contributed by atoms with Crippen molar-refractivity contribution in [2.45, 2.75) is 25.7 Å². The highest BCUT2D eigenvalue weighted by Gasteiger charge is 2.23. The van der Waals surface area contributed by atoms with Gasteiger partial charge in [0.1, 0.15) is 10.6 Å². The Morgan fingerprint density at radius 2 is 1.67 bits per heavy atom. The second kappa shape index (κ2) is 6.94. The number of rotatable bonds is 5. The number of ketones is 1. The van der Waals surface area contributed by atoms with Crippen molar-refractivity contribution >= 4 is 31.8 Å². The summed E-state index contributed by atoms with van der Waals surface area (Å²) in [4.78, 5) is 11.8. The lowest BCUT2D eigenvalue weighted by molar-refractivity contribution is 0.101. The molecule has 0 fully saturated rings. The molecule has 128 valence electrons. The number of hydrogen-bond acceptors (Lipinski definition) is 5. The van der Waals surface area contributed by atoms with E-state index in [4.69, 9.17) is 8.92 Å². The van der Waals surface area contributed by atoms with Crippen LogP contribution in [0.3, 0.4) is 0 Å². The Morgan fingerprint density at radius 3 is 2.25 bits per heavy atom. The molecule has 0 bridgehead atoms. The molecule has 0 aliphatic rings. The molecule has 0 spiro atoms. The first-order valence-corrected chi connectivity index (χ1v) is 9.26. The number of carbonyl (C=O) groups is 1. The van der Waals surface area contributed by atoms with Crippen molar-refractivity contribution in [3.8, 4) is 11.5 Å². The Balaban J connectivity index is 2.51. The van der Waals surface area contributed by atoms with E-state index in [9.17, 15) is 13.2 Å². The van der Waals surface area contributed by atoms with Gasteiger partial charge < -0.3 is 8.92 Å². The molecule has 2 rings (SSSR count). The summed E-state index contributed by atoms with van der Waals surface area (Å²) in [5.74, 6) is 0.308. The summed E-state index contributed by atoms with van der Waals surface area (Å²) < 4.78 is 36.4. The summed E-state index contributed by atoms with van der Waals surface area (Å²) in [6.07, 6.45) is 0. The van der Waals surface area contributed by atoms with Crippen molar-refractivity contribution in [1.29, 1.82) is 0 Å². The average Bonchev–Trinajstić information content (AvgIpc) is 2.51. The molecule has 0 aromatic heterocycles. The van der Waals surface area contributed by atoms with Crippen LogP contribution in [0.5, 0.6) is 11.5 Å². The molecule has 0 radical (unpaired) electrons. The van der Waals surface area contributed by atoms with E-state index in [1.807, 2.05) is 0 Å². The maximum Gasteiger partial charge on any atom is 0.339 e. The lowest BCUT2D eigenvalue weighted by atomic mass is 10.1. The Hall–Kier alpha value is -1.86. The van der Waals surface area contributed by atoms with Crippen LogP contribution in [0.25, 0.3) is 0 Å². The molecule has 2 aromatic rings. The van der Waals surface area contributed by atoms with Crippen molar-refractivity contribution < 1.29 is 22.1 Å². The molecule has 7 heteroatoms. The first kappa shape index (κ1) is 18.5. The molecule has 5 nitrogen and oxygen atoms in total. The minimum absolute atomic E-state index is 0.00132. The van der Waals surface area contributed by atoms with Crippen LogP contribution in [0.1, 0.15) is 28.4 Å². The molecule has 0 aliphatic heterocycles. The zero-order valence-electron chi connectivity index (χ0n) is 13.7. The van der Waals surface area contributed by atoms with Gasteiger partial charge in [0, 0.05) is 4.47 Å². The number of benzene rings is 2. The molecular weight excluding hydrogens is 396 g/mol. The number of halogens is 1. The predicted molar refractivity (Wildman–Crippen MR) is 94.4 cm³/mol. The van der Waals surface area contributed by atoms with Gasteiger partial charge in [0.2, 0.25) is 0 Å². The molecular formula is C17H17BrO5S. The monoisotopic (exact) mass is 412 g/mol. The second-order valence-corrected chi connectivity index (χ2v) is 7.68. The summed E-state index contributed by atoms with van der Waals surface area (Å²) in [5, 5.41) is 0. The first-order valence-electron chi connectivity index (χ1n) is 7.06. The van der Waals surface area contributed by atoms with Gasteiger partial charge in [-0.1, -0.05) is 15.9 Å². The van der Waals surface area contributed by atoms with Crippen LogP contribution in [0.4, 0.5) is 0 Å². The van der Waals surface area contributed by atoms with Gasteiger partial charge in [0.05, 0.1) is 12.7 Å². The summed E-state index contributed by atoms with van der Waals surface area (Å²) in [6, 6.07) is 7.60. The molecule has 0 unspecified atom stereocenters. The van der Waals surface area contributed by atoms with Gasteiger partial charge in [-0.2, -0.15) is 8.42 Å². The fraction of sp³-hybridized carbons (Fsp3) is 0.235. The standard InChI is InChI=1S/C17H17BrO5S/c1-10-11(2)17(8-7-15(10)22-4)24(20,21)23-16-6-5-13(18)9-14(16)12(3)19/h5-9H,1-4H3. The van der Waals surface area contributed by atoms with E-state index >= 15 is 0 Å². The van der Waals surface area contributed by atoms with Crippen LogP contribution < -0.4 is 8.92 Å². The van der Waals surface area contributed by atoms with Gasteiger partial charge in [0.15, 0.2) is 11.5 Å². The van der Waals surface area contributed by atoms with Crippen molar-refractivity contribution in [3.63, 3.8) is 0 Å². The summed E-state index contributed by atoms with van der Waals surface area (Å²) in [5.41, 5.74) is 1.44. The Bertz CT molecular complexity index is 903. The molecule has 0 saturated heterocycles. The fourth-order valence-electron chi connectivity index (χ4n) is 2.28. The van der Waals surface area contributed by atoms with E-state index in [0.29, 0.717) is 21.3 Å². The van der Waals surface area contributed by atoms with Gasteiger partial charge in [-0.3, -0.25) is 4.79 Å². The van der Waals surface area contributed by atoms with E-state index in [0.717, 1.165) is 0 Å². The van der Waals surface area contributed by atoms with Crippen molar-refractivity contribution in [2.75, 3.05) is 7.11 Å². The minimum Gasteiger partial charge on any atom is -0.496 e. The highest BCUT2D eigenvalue weighted by Crippen LogP contribution is 2.31. The zero-order valence-corrected chi connectivity index (χ0v) is 16.1. The van der Waals surface area contributed by atoms with Gasteiger partial charge in [-0.05, 0) is 62.2 Å². The lowest BCUT2D eigenvalue weighted by Crippen LogP contribution is -2.14. The van der Waals surface area contributed by atoms with E-state index in [1.54, 1.807) is 26.0 Å². The minimum atomic E-state index is -4.08. The molecule has 0 aliphatic carbocycles. The second-order valence-electron chi connectivity index (χ2n) is 5.25. The van der Waals surface area contributed by atoms with Gasteiger partial charge >= 0.3 is 10.1 Å². The topological polar surface area (TPSA) is 69.7 Å². The van der Waals surface area contributed by atoms with Crippen LogP contribution >= 0.6 is 15.9 Å². The van der Waals surface area contributed by atoms with Gasteiger partial charge in [0.25, 0.3) is 0 Å². The van der Waals surface area contributed by atoms with Crippen molar-refractivity contribution in [1.82, 2.24) is 0 Å². The number of ether oxygens (including phenoxy) is 1. The summed E-state index contributed by atoms with van der Waals surface area (Å²) in [7, 11) is -2.56. The van der Waals surface area contributed by atoms with E-state index in [2.05, 4.69) is 15.9 Å². The SMILES string of the molecule is COc1ccc(S(=O)(=O)Oc2ccc(Br)cc2C(C)=O)c(C)c1C. The number of Topliss-reactive ketones (excluding diaryl/α,β-unsaturated/α-hetero) is 1. The van der Waals surface area contributed by atoms with E-state index in [1.165, 1.54) is 32.2 Å². The Labute approximate surface area is 149 Å². The van der Waals surface area contributed by atoms with Crippen molar-refractivity contribution in [3.05, 3.63) is 51.5 Å². The highest BCUT2D eigenvalue weighted by molar-refractivity contribution is 9.10. The normalized spacial score (nSPS) is 11.2. The van der Waals surface area contributed by atoms with E-state index in [-0.39, 0.29) is 22.0 Å². The van der Waals surface area contributed by atoms with Crippen LogP contribution in [0, 0.1) is 13.8 Å². The molecule has 0 saturated carbocycles. The Morgan fingerprint density at radius 1 is 1.04 bits per heavy atom. The number of carbonyl (C=O) groups excluding carboxylic acids is 1. The third kappa shape index (κ3) is 3.62. The van der Waals surface area contributed by atoms with Gasteiger partial charge in [-0.15, -0.1) is 0 Å². The van der Waals surface area contributed by atoms with Gasteiger partial charge in [-0.25, -0.2) is 0 Å². The molecule has 0 heterocycles. The maximum absolute atomic E-state index is 12.6. The lowest BCUT2D eigenvalue weighted by Gasteiger charge is -2.14. The van der Waals surface area contributed by atoms with E-state index < -0.39 is 10.1 Å². The quantitative estimate of drug-likeness (QED) is 0.547. The third-order valence-electron chi connectivity index (χ3n) is 3.70. The molecule has 0 N–H and O–H groups in total. The first-order chi connectivity index (χ1) is 11.2. The maximum atomic E-state index is 12.6. The molecule has 24 heavy (non-hydrogen) atoms. The Kier molecular flexibility index (Phi) is 5.35. The average molecular weight is 413 g/mol. The van der Waals surface area contributed by atoms with Crippen molar-refractivity contribution in [2.24, 2.45) is 0 Å². The summed E-state index contributed by atoms with van der Waals surface area (Å²) in [6.45, 7) is 4.80. The highest BCUT2D eigenvalue weighted by atomic mass is 79.9. The fourth-order valence-corrected chi connectivity index (χ4v) is 3.87. The van der Waals surface area contributed by atoms with Crippen LogP contribution in [0.15, 0.2) is 39.7 Å². The molecule has 2 aromatic carbocycles. The summed E-state index contributed by atoms with van der Waals surface area (Å²) >= 11 is 3.26. The smallest absolute Gasteiger partial charge is 0.339 e. The zero-order chi connectivity index (χ0) is 18.1. The van der Waals surface area contributed by atoms with Crippen LogP contribution in [-0.2, 0) is 10.1 Å². The third-order valence-corrected chi connectivity index (χ3v) is 5.57. The molecule has 0 amide bonds. The van der Waals surface area contributed by atoms with Crippen LogP contribution in [0.2, 0.25) is 0 Å². The predicted octanol–water partition coefficient (Wildman–Crippen LogP) is 4.04. The number of methoxy groups -OCH3 is 1. The largest absolute Gasteiger partial charge is 0.496 e.